The summed E-state index contributed by atoms with van der Waals surface area (Å²) >= 11 is -0.340. The van der Waals surface area contributed by atoms with Crippen molar-refractivity contribution in [1.29, 1.82) is 0 Å². The Kier molecular flexibility index (Phi) is 9.10. The average molecular weight is 870 g/mol. The van der Waals surface area contributed by atoms with Gasteiger partial charge in [-0.3, -0.25) is 0 Å². The monoisotopic (exact) mass is 871 g/mol. The van der Waals surface area contributed by atoms with Crippen molar-refractivity contribution < 1.29 is 20.1 Å². The molecule has 0 fully saturated rings. The van der Waals surface area contributed by atoms with Crippen LogP contribution in [0.4, 0.5) is 0 Å². The molecule has 46 heavy (non-hydrogen) atoms. The summed E-state index contributed by atoms with van der Waals surface area (Å²) < 4.78 is 5.91. The molecule has 4 heterocycles. The van der Waals surface area contributed by atoms with E-state index < -0.39 is 21.3 Å². The molecule has 6 heteroatoms. The fourth-order valence-electron chi connectivity index (χ4n) is 6.35. The summed E-state index contributed by atoms with van der Waals surface area (Å²) in [6.07, 6.45) is 3.91. The number of rotatable bonds is 3. The van der Waals surface area contributed by atoms with Crippen LogP contribution in [0.5, 0.6) is 0 Å². The Morgan fingerprint density at radius 1 is 0.717 bits per heavy atom. The van der Waals surface area contributed by atoms with Crippen LogP contribution in [0.15, 0.2) is 109 Å². The number of nitrogens with zero attached hydrogens (tertiary/aromatic N) is 2. The van der Waals surface area contributed by atoms with Crippen molar-refractivity contribution in [2.75, 3.05) is 0 Å². The molecule has 0 saturated carbocycles. The van der Waals surface area contributed by atoms with Crippen molar-refractivity contribution >= 4 is 66.8 Å². The van der Waals surface area contributed by atoms with Crippen LogP contribution >= 0.6 is 11.3 Å². The van der Waals surface area contributed by atoms with E-state index in [4.69, 9.17) is 0 Å². The van der Waals surface area contributed by atoms with E-state index in [1.54, 1.807) is 8.79 Å². The van der Waals surface area contributed by atoms with Gasteiger partial charge in [-0.05, 0) is 10.9 Å². The molecule has 231 valence electrons. The van der Waals surface area contributed by atoms with Crippen LogP contribution in [0.3, 0.4) is 0 Å². The van der Waals surface area contributed by atoms with Crippen molar-refractivity contribution in [3.8, 4) is 33.6 Å². The van der Waals surface area contributed by atoms with Gasteiger partial charge < -0.3 is 4.98 Å². The maximum atomic E-state index is 4.63. The Balaban J connectivity index is 0.000000187. The van der Waals surface area contributed by atoms with Crippen molar-refractivity contribution in [3.63, 3.8) is 0 Å². The second-order valence-electron chi connectivity index (χ2n) is 13.4. The average Bonchev–Trinajstić information content (AvgIpc) is 3.52. The fourth-order valence-corrected chi connectivity index (χ4v) is 15.3. The molecule has 7 aromatic rings. The first-order valence-electron chi connectivity index (χ1n) is 15.5. The summed E-state index contributed by atoms with van der Waals surface area (Å²) in [6, 6.07) is 41.4. The van der Waals surface area contributed by atoms with Gasteiger partial charge >= 0.3 is 178 Å². The van der Waals surface area contributed by atoms with E-state index in [0.717, 1.165) is 22.5 Å². The standard InChI is InChI=1S/C26H20GeNS.C14H16NSi.Ir/c1-16-11-12-28-24(13-16)19-9-6-8-18-21-14-20-17-7-4-5-10-22(17)27(2,3)23(20)15-25(21)29-26(18)19;1-16(2,3)13-9-10-14(15-11-13)12-7-5-4-6-8-12;/h4-8,10-15H,1-3H3;4-7,9-11H,1-3H3;/q2*-1;. The first-order chi connectivity index (χ1) is 21.6. The first-order valence-corrected chi connectivity index (χ1v) is 26.1. The molecule has 1 aliphatic rings. The molecule has 0 aliphatic carbocycles. The van der Waals surface area contributed by atoms with E-state index in [0.29, 0.717) is 0 Å². The third kappa shape index (κ3) is 6.00. The minimum Gasteiger partial charge on any atom is 0 e. The summed E-state index contributed by atoms with van der Waals surface area (Å²) in [6.45, 7) is 9.11. The quantitative estimate of drug-likeness (QED) is 0.131. The SMILES string of the molecule is C[Si](C)(C)c1ccc(-c2[c-]cccc2)nc1.Cc1ccnc(-c2[c-]ccc3c2sc2c[c]4c(cc23)-c2cccc[c]2[Ge]4([CH3])[CH3])c1.[Ir]. The van der Waals surface area contributed by atoms with Crippen LogP contribution in [0, 0.1) is 19.1 Å². The molecular formula is C40H36GeIrN2SSi-2. The Hall–Kier alpha value is -3.19. The molecule has 2 nitrogen and oxygen atoms in total. The van der Waals surface area contributed by atoms with E-state index in [-0.39, 0.29) is 20.1 Å². The normalized spacial score (nSPS) is 13.0. The first kappa shape index (κ1) is 32.7. The van der Waals surface area contributed by atoms with Crippen LogP contribution in [0.1, 0.15) is 5.56 Å². The number of thiophene rings is 1. The van der Waals surface area contributed by atoms with Crippen LogP contribution in [-0.4, -0.2) is 31.3 Å². The van der Waals surface area contributed by atoms with Gasteiger partial charge in [-0.15, -0.1) is 35.9 Å². The molecule has 1 aliphatic heterocycles. The number of aromatic nitrogens is 2. The van der Waals surface area contributed by atoms with Crippen LogP contribution < -0.4 is 14.0 Å². The third-order valence-corrected chi connectivity index (χ3v) is 19.6. The van der Waals surface area contributed by atoms with Gasteiger partial charge in [-0.2, -0.15) is 0 Å². The topological polar surface area (TPSA) is 25.8 Å². The Morgan fingerprint density at radius 3 is 2.24 bits per heavy atom. The van der Waals surface area contributed by atoms with Crippen LogP contribution in [-0.2, 0) is 20.1 Å². The van der Waals surface area contributed by atoms with E-state index in [1.807, 2.05) is 54.1 Å². The van der Waals surface area contributed by atoms with E-state index >= 15 is 0 Å². The number of hydrogen-bond acceptors (Lipinski definition) is 3. The molecule has 0 amide bonds. The van der Waals surface area contributed by atoms with E-state index in [1.165, 1.54) is 42.0 Å². The summed E-state index contributed by atoms with van der Waals surface area (Å²) in [4.78, 5) is 9.15. The third-order valence-electron chi connectivity index (χ3n) is 8.92. The van der Waals surface area contributed by atoms with Gasteiger partial charge in [0.15, 0.2) is 0 Å². The zero-order chi connectivity index (χ0) is 31.3. The Labute approximate surface area is 293 Å². The molecule has 0 N–H and O–H groups in total. The molecular weight excluding hydrogens is 833 g/mol. The summed E-state index contributed by atoms with van der Waals surface area (Å²) in [7, 11) is -1.23. The van der Waals surface area contributed by atoms with Crippen molar-refractivity contribution in [1.82, 2.24) is 9.97 Å². The predicted octanol–water partition coefficient (Wildman–Crippen LogP) is 9.12. The van der Waals surface area contributed by atoms with Gasteiger partial charge in [0.2, 0.25) is 0 Å². The molecule has 8 rings (SSSR count). The Morgan fingerprint density at radius 2 is 1.52 bits per heavy atom. The number of hydrogen-bond donors (Lipinski definition) is 0. The molecule has 0 saturated heterocycles. The largest absolute Gasteiger partial charge is 0 e. The zero-order valence-corrected chi connectivity index (χ0v) is 33.3. The molecule has 3 aromatic heterocycles. The molecule has 0 atom stereocenters. The predicted molar refractivity (Wildman–Crippen MR) is 200 cm³/mol. The fraction of sp³-hybridized carbons (Fsp3) is 0.150. The maximum absolute atomic E-state index is 4.63. The van der Waals surface area contributed by atoms with Gasteiger partial charge in [0.25, 0.3) is 0 Å². The number of aryl methyl sites for hydroxylation is 1. The smallest absolute Gasteiger partial charge is 0 e. The second-order valence-corrected chi connectivity index (χ2v) is 28.6. The molecule has 0 unspecified atom stereocenters. The molecule has 0 spiro atoms. The summed E-state index contributed by atoms with van der Waals surface area (Å²) in [5, 5.41) is 4.08. The van der Waals surface area contributed by atoms with Crippen LogP contribution in [0.2, 0.25) is 31.2 Å². The zero-order valence-electron chi connectivity index (χ0n) is 27.0. The molecule has 0 bridgehead atoms. The van der Waals surface area contributed by atoms with Gasteiger partial charge in [-0.1, -0.05) is 31.8 Å². The Bertz CT molecular complexity index is 2180. The number of pyridine rings is 2. The summed E-state index contributed by atoms with van der Waals surface area (Å²) in [5.41, 5.74) is 8.34. The second kappa shape index (κ2) is 12.8. The number of fused-ring (bicyclic) bond motifs is 6. The van der Waals surface area contributed by atoms with Gasteiger partial charge in [0.1, 0.15) is 0 Å². The summed E-state index contributed by atoms with van der Waals surface area (Å²) in [5.74, 6) is 5.05. The molecule has 4 aromatic carbocycles. The van der Waals surface area contributed by atoms with E-state index in [9.17, 15) is 0 Å². The van der Waals surface area contributed by atoms with Crippen molar-refractivity contribution in [2.45, 2.75) is 38.1 Å². The maximum Gasteiger partial charge on any atom is 0 e. The van der Waals surface area contributed by atoms with Crippen molar-refractivity contribution in [2.24, 2.45) is 0 Å². The van der Waals surface area contributed by atoms with E-state index in [2.05, 4.69) is 127 Å². The van der Waals surface area contributed by atoms with Crippen LogP contribution in [0.25, 0.3) is 53.8 Å². The number of benzene rings is 4. The van der Waals surface area contributed by atoms with Gasteiger partial charge in [-0.25, -0.2) is 0 Å². The van der Waals surface area contributed by atoms with Crippen molar-refractivity contribution in [3.05, 3.63) is 127 Å². The minimum absolute atomic E-state index is 0. The van der Waals surface area contributed by atoms with Gasteiger partial charge in [0, 0.05) is 26.3 Å². The molecule has 1 radical (unpaired) electrons. The van der Waals surface area contributed by atoms with Gasteiger partial charge in [0.05, 0.1) is 8.07 Å². The minimum atomic E-state index is -2.23.